The molecular weight excluding hydrogens is 344 g/mol. The number of likely N-dealkylation sites (N-methyl/N-ethyl adjacent to an activating group) is 1. The largest absolute Gasteiger partial charge is 0.350 e. The van der Waals surface area contributed by atoms with E-state index in [1.165, 1.54) is 10.4 Å². The van der Waals surface area contributed by atoms with Crippen LogP contribution in [0.2, 0.25) is 0 Å². The minimum absolute atomic E-state index is 0.0600. The summed E-state index contributed by atoms with van der Waals surface area (Å²) in [6.45, 7) is 10.3. The number of hydrogen-bond donors (Lipinski definition) is 1. The lowest BCUT2D eigenvalue weighted by Crippen LogP contribution is -2.31. The summed E-state index contributed by atoms with van der Waals surface area (Å²) in [6, 6.07) is 5.93. The Bertz CT molecular complexity index is 993. The van der Waals surface area contributed by atoms with Crippen molar-refractivity contribution in [2.24, 2.45) is 0 Å². The molecule has 0 unspecified atom stereocenters. The fourth-order valence-corrected chi connectivity index (χ4v) is 4.04. The molecule has 0 saturated carbocycles. The SMILES string of the molecule is Cc1nc(N(C)CC(=O)Nc2cccc(C)c2C)c2c(C)c(C)sc2n1. The quantitative estimate of drug-likeness (QED) is 0.745. The lowest BCUT2D eigenvalue weighted by atomic mass is 10.1. The maximum Gasteiger partial charge on any atom is 0.243 e. The Morgan fingerprint density at radius 2 is 1.85 bits per heavy atom. The van der Waals surface area contributed by atoms with Crippen molar-refractivity contribution in [1.82, 2.24) is 9.97 Å². The van der Waals surface area contributed by atoms with Gasteiger partial charge in [0.1, 0.15) is 16.5 Å². The molecule has 6 heteroatoms. The van der Waals surface area contributed by atoms with Crippen LogP contribution < -0.4 is 10.2 Å². The molecule has 1 aromatic carbocycles. The molecule has 136 valence electrons. The first-order valence-electron chi connectivity index (χ1n) is 8.59. The first kappa shape index (κ1) is 18.3. The Labute approximate surface area is 158 Å². The maximum atomic E-state index is 12.6. The summed E-state index contributed by atoms with van der Waals surface area (Å²) in [7, 11) is 1.90. The van der Waals surface area contributed by atoms with E-state index in [9.17, 15) is 4.79 Å². The van der Waals surface area contributed by atoms with Gasteiger partial charge in [-0.15, -0.1) is 11.3 Å². The van der Waals surface area contributed by atoms with E-state index < -0.39 is 0 Å². The van der Waals surface area contributed by atoms with Crippen LogP contribution in [0.15, 0.2) is 18.2 Å². The predicted octanol–water partition coefficient (Wildman–Crippen LogP) is 4.31. The maximum absolute atomic E-state index is 12.6. The van der Waals surface area contributed by atoms with E-state index >= 15 is 0 Å². The van der Waals surface area contributed by atoms with Crippen molar-refractivity contribution in [3.05, 3.63) is 45.6 Å². The van der Waals surface area contributed by atoms with Crippen molar-refractivity contribution < 1.29 is 4.79 Å². The van der Waals surface area contributed by atoms with Crippen LogP contribution in [0.3, 0.4) is 0 Å². The molecule has 0 aliphatic carbocycles. The van der Waals surface area contributed by atoms with Crippen molar-refractivity contribution in [1.29, 1.82) is 0 Å². The third-order valence-corrected chi connectivity index (χ3v) is 5.84. The number of nitrogens with zero attached hydrogens (tertiary/aromatic N) is 3. The van der Waals surface area contributed by atoms with Gasteiger partial charge in [0.05, 0.1) is 11.9 Å². The van der Waals surface area contributed by atoms with Crippen LogP contribution in [0.5, 0.6) is 0 Å². The standard InChI is InChI=1S/C20H24N4OS/c1-11-8-7-9-16(12(11)2)23-17(25)10-24(6)19-18-13(3)14(4)26-20(18)22-15(5)21-19/h7-9H,10H2,1-6H3,(H,23,25). The molecule has 0 aliphatic heterocycles. The number of benzene rings is 1. The van der Waals surface area contributed by atoms with Crippen molar-refractivity contribution in [3.63, 3.8) is 0 Å². The van der Waals surface area contributed by atoms with Crippen molar-refractivity contribution in [2.75, 3.05) is 23.8 Å². The number of rotatable bonds is 4. The van der Waals surface area contributed by atoms with Crippen LogP contribution >= 0.6 is 11.3 Å². The number of fused-ring (bicyclic) bond motifs is 1. The summed E-state index contributed by atoms with van der Waals surface area (Å²) in [4.78, 5) is 25.8. The fraction of sp³-hybridized carbons (Fsp3) is 0.350. The van der Waals surface area contributed by atoms with E-state index in [-0.39, 0.29) is 12.5 Å². The van der Waals surface area contributed by atoms with Gasteiger partial charge in [-0.3, -0.25) is 4.79 Å². The number of aryl methyl sites for hydroxylation is 4. The van der Waals surface area contributed by atoms with Crippen molar-refractivity contribution in [2.45, 2.75) is 34.6 Å². The number of aromatic nitrogens is 2. The molecule has 26 heavy (non-hydrogen) atoms. The first-order chi connectivity index (χ1) is 12.3. The summed E-state index contributed by atoms with van der Waals surface area (Å²) in [5, 5.41) is 4.05. The van der Waals surface area contributed by atoms with Crippen LogP contribution in [0.1, 0.15) is 27.4 Å². The van der Waals surface area contributed by atoms with Gasteiger partial charge in [0.25, 0.3) is 0 Å². The number of nitrogens with one attached hydrogen (secondary N) is 1. The van der Waals surface area contributed by atoms with Crippen LogP contribution in [-0.2, 0) is 4.79 Å². The second-order valence-electron chi connectivity index (χ2n) is 6.71. The van der Waals surface area contributed by atoms with E-state index in [1.807, 2.05) is 50.9 Å². The zero-order chi connectivity index (χ0) is 19.0. The minimum atomic E-state index is -0.0600. The fourth-order valence-electron chi connectivity index (χ4n) is 2.97. The number of carbonyl (C=O) groups excluding carboxylic acids is 1. The molecule has 3 rings (SSSR count). The van der Waals surface area contributed by atoms with Gasteiger partial charge in [0.2, 0.25) is 5.91 Å². The smallest absolute Gasteiger partial charge is 0.243 e. The number of anilines is 2. The highest BCUT2D eigenvalue weighted by molar-refractivity contribution is 7.18. The molecule has 0 atom stereocenters. The molecule has 0 saturated heterocycles. The van der Waals surface area contributed by atoms with Gasteiger partial charge < -0.3 is 10.2 Å². The molecule has 3 aromatic rings. The first-order valence-corrected chi connectivity index (χ1v) is 9.41. The lowest BCUT2D eigenvalue weighted by molar-refractivity contribution is -0.114. The van der Waals surface area contributed by atoms with Crippen molar-refractivity contribution in [3.8, 4) is 0 Å². The molecule has 1 amide bonds. The third-order valence-electron chi connectivity index (χ3n) is 4.74. The van der Waals surface area contributed by atoms with Gasteiger partial charge >= 0.3 is 0 Å². The summed E-state index contributed by atoms with van der Waals surface area (Å²) in [5.41, 5.74) is 4.29. The second kappa shape index (κ2) is 7.03. The van der Waals surface area contributed by atoms with Gasteiger partial charge in [-0.25, -0.2) is 9.97 Å². The Morgan fingerprint density at radius 1 is 1.12 bits per heavy atom. The molecule has 0 bridgehead atoms. The van der Waals surface area contributed by atoms with Gasteiger partial charge in [0, 0.05) is 17.6 Å². The normalized spacial score (nSPS) is 11.0. The molecule has 2 aromatic heterocycles. The monoisotopic (exact) mass is 368 g/mol. The summed E-state index contributed by atoms with van der Waals surface area (Å²) in [5.74, 6) is 1.47. The molecule has 0 fully saturated rings. The Hall–Kier alpha value is -2.47. The van der Waals surface area contributed by atoms with Crippen molar-refractivity contribution >= 4 is 39.0 Å². The average molecular weight is 369 g/mol. The second-order valence-corrected chi connectivity index (χ2v) is 7.91. The summed E-state index contributed by atoms with van der Waals surface area (Å²) < 4.78 is 0. The number of amides is 1. The highest BCUT2D eigenvalue weighted by Gasteiger charge is 2.18. The van der Waals surface area contributed by atoms with Crippen LogP contribution in [0, 0.1) is 34.6 Å². The number of thiophene rings is 1. The molecule has 0 aliphatic rings. The molecule has 0 spiro atoms. The van der Waals surface area contributed by atoms with E-state index in [4.69, 9.17) is 0 Å². The van der Waals surface area contributed by atoms with E-state index in [0.29, 0.717) is 0 Å². The van der Waals surface area contributed by atoms with E-state index in [2.05, 4.69) is 29.1 Å². The highest BCUT2D eigenvalue weighted by atomic mass is 32.1. The number of hydrogen-bond acceptors (Lipinski definition) is 5. The van der Waals surface area contributed by atoms with Gasteiger partial charge in [0.15, 0.2) is 0 Å². The summed E-state index contributed by atoms with van der Waals surface area (Å²) in [6.07, 6.45) is 0. The molecule has 5 nitrogen and oxygen atoms in total. The Morgan fingerprint density at radius 3 is 2.58 bits per heavy atom. The Balaban J connectivity index is 1.86. The molecule has 1 N–H and O–H groups in total. The Kier molecular flexibility index (Phi) is 4.96. The van der Waals surface area contributed by atoms with Gasteiger partial charge in [-0.1, -0.05) is 12.1 Å². The number of carbonyl (C=O) groups is 1. The molecular formula is C20H24N4OS. The topological polar surface area (TPSA) is 58.1 Å². The minimum Gasteiger partial charge on any atom is -0.350 e. The van der Waals surface area contributed by atoms with Crippen LogP contribution in [0.25, 0.3) is 10.2 Å². The van der Waals surface area contributed by atoms with E-state index in [1.54, 1.807) is 11.3 Å². The summed E-state index contributed by atoms with van der Waals surface area (Å²) >= 11 is 1.67. The highest BCUT2D eigenvalue weighted by Crippen LogP contribution is 2.34. The third kappa shape index (κ3) is 3.42. The molecule has 0 radical (unpaired) electrons. The molecule has 2 heterocycles. The van der Waals surface area contributed by atoms with Gasteiger partial charge in [-0.05, 0) is 57.4 Å². The van der Waals surface area contributed by atoms with Crippen LogP contribution in [-0.4, -0.2) is 29.5 Å². The lowest BCUT2D eigenvalue weighted by Gasteiger charge is -2.20. The zero-order valence-electron chi connectivity index (χ0n) is 16.1. The van der Waals surface area contributed by atoms with Gasteiger partial charge in [-0.2, -0.15) is 0 Å². The van der Waals surface area contributed by atoms with E-state index in [0.717, 1.165) is 38.7 Å². The predicted molar refractivity (Wildman–Crippen MR) is 109 cm³/mol. The van der Waals surface area contributed by atoms with Crippen LogP contribution in [0.4, 0.5) is 11.5 Å². The zero-order valence-corrected chi connectivity index (χ0v) is 16.9. The average Bonchev–Trinajstić information content (AvgIpc) is 2.85.